The first kappa shape index (κ1) is 7.58. The van der Waals surface area contributed by atoms with E-state index < -0.39 is 0 Å². The van der Waals surface area contributed by atoms with Gasteiger partial charge in [-0.2, -0.15) is 0 Å². The van der Waals surface area contributed by atoms with Crippen molar-refractivity contribution in [1.29, 1.82) is 0 Å². The summed E-state index contributed by atoms with van der Waals surface area (Å²) in [6, 6.07) is 5.63. The zero-order chi connectivity index (χ0) is 6.85. The maximum atomic E-state index is 5.71. The molecule has 0 spiro atoms. The van der Waals surface area contributed by atoms with Crippen LogP contribution < -0.4 is 0 Å². The second-order valence-corrected chi connectivity index (χ2v) is 3.74. The van der Waals surface area contributed by atoms with E-state index in [1.165, 1.54) is 0 Å². The normalized spacial score (nSPS) is 9.67. The van der Waals surface area contributed by atoms with Gasteiger partial charge in [0.15, 0.2) is 0 Å². The van der Waals surface area contributed by atoms with E-state index in [0.717, 1.165) is 14.0 Å². The highest BCUT2D eigenvalue weighted by molar-refractivity contribution is 9.11. The summed E-state index contributed by atoms with van der Waals surface area (Å²) in [5.41, 5.74) is 0. The van der Waals surface area contributed by atoms with Gasteiger partial charge in [-0.3, -0.25) is 0 Å². The first-order valence-electron chi connectivity index (χ1n) is 2.30. The molecule has 0 aliphatic heterocycles. The van der Waals surface area contributed by atoms with Crippen molar-refractivity contribution in [2.75, 3.05) is 0 Å². The lowest BCUT2D eigenvalue weighted by atomic mass is 10.4. The third kappa shape index (κ3) is 1.95. The van der Waals surface area contributed by atoms with E-state index in [9.17, 15) is 0 Å². The Morgan fingerprint density at radius 3 is 2.33 bits per heavy atom. The monoisotopic (exact) mass is 268 g/mol. The molecule has 3 heteroatoms. The van der Waals surface area contributed by atoms with Crippen molar-refractivity contribution in [3.63, 3.8) is 0 Å². The van der Waals surface area contributed by atoms with Crippen LogP contribution in [0.5, 0.6) is 0 Å². The maximum absolute atomic E-state index is 5.71. The molecule has 0 heterocycles. The topological polar surface area (TPSA) is 0 Å². The van der Waals surface area contributed by atoms with Crippen LogP contribution in [-0.2, 0) is 0 Å². The molecule has 0 bridgehead atoms. The minimum absolute atomic E-state index is 0.734. The standard InChI is InChI=1S/C6H3Br2Cl/c7-4-1-2-6(9)5(8)3-4/h1-3H. The largest absolute Gasteiger partial charge is 0.0831 e. The van der Waals surface area contributed by atoms with Crippen molar-refractivity contribution >= 4 is 43.5 Å². The third-order valence-corrected chi connectivity index (χ3v) is 2.59. The van der Waals surface area contributed by atoms with Crippen LogP contribution in [0.25, 0.3) is 0 Å². The van der Waals surface area contributed by atoms with Crippen molar-refractivity contribution in [1.82, 2.24) is 0 Å². The van der Waals surface area contributed by atoms with Gasteiger partial charge in [-0.05, 0) is 34.1 Å². The molecule has 1 rings (SSSR count). The molecule has 0 radical (unpaired) electrons. The minimum atomic E-state index is 0.734. The van der Waals surface area contributed by atoms with Crippen LogP contribution in [0, 0.1) is 0 Å². The van der Waals surface area contributed by atoms with Gasteiger partial charge in [0.2, 0.25) is 0 Å². The number of rotatable bonds is 0. The Morgan fingerprint density at radius 2 is 1.89 bits per heavy atom. The van der Waals surface area contributed by atoms with Crippen molar-refractivity contribution in [2.24, 2.45) is 0 Å². The summed E-state index contributed by atoms with van der Waals surface area (Å²) in [5.74, 6) is 0. The highest BCUT2D eigenvalue weighted by atomic mass is 79.9. The molecule has 9 heavy (non-hydrogen) atoms. The van der Waals surface area contributed by atoms with Crippen molar-refractivity contribution in [2.45, 2.75) is 0 Å². The van der Waals surface area contributed by atoms with Crippen LogP contribution in [0.2, 0.25) is 5.02 Å². The van der Waals surface area contributed by atoms with Crippen molar-refractivity contribution in [3.8, 4) is 0 Å². The highest BCUT2D eigenvalue weighted by Gasteiger charge is 1.94. The van der Waals surface area contributed by atoms with E-state index in [1.54, 1.807) is 0 Å². The van der Waals surface area contributed by atoms with Crippen LogP contribution in [-0.4, -0.2) is 0 Å². The summed E-state index contributed by atoms with van der Waals surface area (Å²) in [5, 5.41) is 0.734. The van der Waals surface area contributed by atoms with Gasteiger partial charge in [0.05, 0.1) is 5.02 Å². The van der Waals surface area contributed by atoms with Crippen LogP contribution in [0.1, 0.15) is 0 Å². The molecule has 48 valence electrons. The fourth-order valence-electron chi connectivity index (χ4n) is 0.470. The summed E-state index contributed by atoms with van der Waals surface area (Å²) < 4.78 is 1.94. The van der Waals surface area contributed by atoms with E-state index in [2.05, 4.69) is 31.9 Å². The second-order valence-electron chi connectivity index (χ2n) is 1.56. The van der Waals surface area contributed by atoms with Gasteiger partial charge in [-0.25, -0.2) is 0 Å². The van der Waals surface area contributed by atoms with Gasteiger partial charge in [0.25, 0.3) is 0 Å². The van der Waals surface area contributed by atoms with Gasteiger partial charge in [-0.15, -0.1) is 0 Å². The van der Waals surface area contributed by atoms with E-state index in [4.69, 9.17) is 11.6 Å². The predicted molar refractivity (Wildman–Crippen MR) is 46.9 cm³/mol. The summed E-state index contributed by atoms with van der Waals surface area (Å²) in [7, 11) is 0. The first-order chi connectivity index (χ1) is 4.20. The molecule has 0 amide bonds. The van der Waals surface area contributed by atoms with Gasteiger partial charge in [-0.1, -0.05) is 27.5 Å². The zero-order valence-corrected chi connectivity index (χ0v) is 8.29. The van der Waals surface area contributed by atoms with Crippen molar-refractivity contribution < 1.29 is 0 Å². The molecular formula is C6H3Br2Cl. The Balaban J connectivity index is 3.17. The number of hydrogen-bond donors (Lipinski definition) is 0. The van der Waals surface area contributed by atoms with Crippen LogP contribution in [0.15, 0.2) is 27.1 Å². The summed E-state index contributed by atoms with van der Waals surface area (Å²) in [4.78, 5) is 0. The second kappa shape index (κ2) is 3.04. The summed E-state index contributed by atoms with van der Waals surface area (Å²) in [6.45, 7) is 0. The molecule has 0 aliphatic rings. The molecule has 1 aromatic carbocycles. The Hall–Kier alpha value is 0.470. The average molecular weight is 270 g/mol. The molecule has 0 saturated carbocycles. The molecule has 0 saturated heterocycles. The first-order valence-corrected chi connectivity index (χ1v) is 4.27. The van der Waals surface area contributed by atoms with Crippen LogP contribution >= 0.6 is 43.5 Å². The average Bonchev–Trinajstić information content (AvgIpc) is 1.80. The molecule has 0 N–H and O–H groups in total. The lowest BCUT2D eigenvalue weighted by Crippen LogP contribution is -1.67. The SMILES string of the molecule is Clc1ccc(Br)cc1Br. The Morgan fingerprint density at radius 1 is 1.22 bits per heavy atom. The Bertz CT molecular complexity index is 222. The number of benzene rings is 1. The molecule has 0 fully saturated rings. The fourth-order valence-corrected chi connectivity index (χ4v) is 1.64. The van der Waals surface area contributed by atoms with E-state index in [-0.39, 0.29) is 0 Å². The Labute approximate surface area is 75.5 Å². The van der Waals surface area contributed by atoms with E-state index >= 15 is 0 Å². The molecular weight excluding hydrogens is 267 g/mol. The smallest absolute Gasteiger partial charge is 0.0548 e. The molecule has 1 aromatic rings. The maximum Gasteiger partial charge on any atom is 0.0548 e. The predicted octanol–water partition coefficient (Wildman–Crippen LogP) is 3.87. The number of halogens is 3. The molecule has 0 aromatic heterocycles. The zero-order valence-electron chi connectivity index (χ0n) is 4.37. The molecule has 0 nitrogen and oxygen atoms in total. The lowest BCUT2D eigenvalue weighted by Gasteiger charge is -1.93. The number of hydrogen-bond acceptors (Lipinski definition) is 0. The molecule has 0 atom stereocenters. The van der Waals surface area contributed by atoms with Crippen molar-refractivity contribution in [3.05, 3.63) is 32.2 Å². The van der Waals surface area contributed by atoms with E-state index in [1.807, 2.05) is 18.2 Å². The quantitative estimate of drug-likeness (QED) is 0.628. The molecule has 0 unspecified atom stereocenters. The summed E-state index contributed by atoms with van der Waals surface area (Å²) >= 11 is 12.3. The van der Waals surface area contributed by atoms with Gasteiger partial charge in [0.1, 0.15) is 0 Å². The lowest BCUT2D eigenvalue weighted by molar-refractivity contribution is 1.60. The van der Waals surface area contributed by atoms with E-state index in [0.29, 0.717) is 0 Å². The summed E-state index contributed by atoms with van der Waals surface area (Å²) in [6.07, 6.45) is 0. The highest BCUT2D eigenvalue weighted by Crippen LogP contribution is 2.25. The van der Waals surface area contributed by atoms with Crippen LogP contribution in [0.3, 0.4) is 0 Å². The Kier molecular flexibility index (Phi) is 2.56. The third-order valence-electron chi connectivity index (χ3n) is 0.882. The van der Waals surface area contributed by atoms with Crippen LogP contribution in [0.4, 0.5) is 0 Å². The van der Waals surface area contributed by atoms with Gasteiger partial charge >= 0.3 is 0 Å². The van der Waals surface area contributed by atoms with Gasteiger partial charge < -0.3 is 0 Å². The molecule has 0 aliphatic carbocycles. The van der Waals surface area contributed by atoms with Gasteiger partial charge in [0, 0.05) is 8.95 Å². The fraction of sp³-hybridized carbons (Fsp3) is 0. The minimum Gasteiger partial charge on any atom is -0.0831 e.